The van der Waals surface area contributed by atoms with E-state index in [0.717, 1.165) is 22.7 Å². The normalized spacial score (nSPS) is 20.9. The number of hydrogen-bond acceptors (Lipinski definition) is 5. The first kappa shape index (κ1) is 17.1. The molecule has 1 fully saturated rings. The zero-order valence-electron chi connectivity index (χ0n) is 13.7. The monoisotopic (exact) mass is 346 g/mol. The fourth-order valence-electron chi connectivity index (χ4n) is 2.88. The number of aromatic nitrogens is 1. The second kappa shape index (κ2) is 7.42. The van der Waals surface area contributed by atoms with Crippen LogP contribution in [-0.4, -0.2) is 35.8 Å². The molecule has 1 aliphatic rings. The molecule has 0 spiro atoms. The number of carboxylic acids is 1. The first-order chi connectivity index (χ1) is 11.6. The lowest BCUT2D eigenvalue weighted by molar-refractivity contribution is -0.156. The Morgan fingerprint density at radius 1 is 1.42 bits per heavy atom. The first-order valence-electron chi connectivity index (χ1n) is 8.12. The van der Waals surface area contributed by atoms with Gasteiger partial charge in [-0.3, -0.25) is 4.79 Å². The minimum atomic E-state index is -0.811. The Labute approximate surface area is 145 Å². The summed E-state index contributed by atoms with van der Waals surface area (Å²) in [4.78, 5) is 16.2. The molecule has 0 aliphatic carbocycles. The highest BCUT2D eigenvalue weighted by molar-refractivity contribution is 7.13. The van der Waals surface area contributed by atoms with E-state index in [1.165, 1.54) is 5.56 Å². The molecule has 0 radical (unpaired) electrons. The van der Waals surface area contributed by atoms with Crippen molar-refractivity contribution in [3.63, 3.8) is 0 Å². The Morgan fingerprint density at radius 3 is 2.88 bits per heavy atom. The maximum atomic E-state index is 11.6. The number of thiazole rings is 1. The molecule has 5 nitrogen and oxygen atoms in total. The van der Waals surface area contributed by atoms with Crippen LogP contribution in [0, 0.1) is 12.3 Å². The van der Waals surface area contributed by atoms with Gasteiger partial charge in [-0.2, -0.15) is 0 Å². The van der Waals surface area contributed by atoms with E-state index >= 15 is 0 Å². The molecule has 2 heterocycles. The molecule has 1 saturated heterocycles. The number of carbonyl (C=O) groups is 1. The Hall–Kier alpha value is -1.76. The second-order valence-electron chi connectivity index (χ2n) is 6.36. The van der Waals surface area contributed by atoms with Crippen LogP contribution in [0.3, 0.4) is 0 Å². The van der Waals surface area contributed by atoms with Gasteiger partial charge < -0.3 is 15.2 Å². The number of benzene rings is 1. The lowest BCUT2D eigenvalue weighted by Gasteiger charge is -2.33. The van der Waals surface area contributed by atoms with Crippen LogP contribution in [0.2, 0.25) is 0 Å². The number of carboxylic acid groups (broad SMARTS) is 1. The number of ether oxygens (including phenoxy) is 1. The Morgan fingerprint density at radius 2 is 2.21 bits per heavy atom. The molecule has 2 N–H and O–H groups in total. The molecule has 1 aromatic heterocycles. The topological polar surface area (TPSA) is 71.5 Å². The molecule has 0 amide bonds. The van der Waals surface area contributed by atoms with Crippen LogP contribution in [0.25, 0.3) is 10.6 Å². The van der Waals surface area contributed by atoms with Crippen molar-refractivity contribution >= 4 is 17.3 Å². The van der Waals surface area contributed by atoms with Gasteiger partial charge in [0, 0.05) is 30.6 Å². The van der Waals surface area contributed by atoms with E-state index < -0.39 is 11.4 Å². The summed E-state index contributed by atoms with van der Waals surface area (Å²) in [6.07, 6.45) is 1.45. The third-order valence-electron chi connectivity index (χ3n) is 4.40. The zero-order chi connectivity index (χ0) is 17.0. The molecular weight excluding hydrogens is 324 g/mol. The van der Waals surface area contributed by atoms with E-state index in [-0.39, 0.29) is 6.61 Å². The largest absolute Gasteiger partial charge is 0.481 e. The molecule has 1 atom stereocenters. The van der Waals surface area contributed by atoms with E-state index in [0.29, 0.717) is 26.1 Å². The zero-order valence-corrected chi connectivity index (χ0v) is 14.6. The quantitative estimate of drug-likeness (QED) is 0.841. The third kappa shape index (κ3) is 3.83. The van der Waals surface area contributed by atoms with Gasteiger partial charge in [0.2, 0.25) is 0 Å². The number of nitrogens with one attached hydrogen (secondary N) is 1. The number of aliphatic carboxylic acids is 1. The Balaban J connectivity index is 1.59. The number of rotatable bonds is 6. The smallest absolute Gasteiger partial charge is 0.313 e. The van der Waals surface area contributed by atoms with Crippen molar-refractivity contribution in [3.8, 4) is 10.6 Å². The van der Waals surface area contributed by atoms with E-state index in [2.05, 4.69) is 41.5 Å². The van der Waals surface area contributed by atoms with Crippen LogP contribution >= 0.6 is 11.3 Å². The molecule has 1 unspecified atom stereocenters. The van der Waals surface area contributed by atoms with Crippen molar-refractivity contribution in [2.75, 3.05) is 19.8 Å². The SMILES string of the molecule is Cc1ccc(-c2nc(CNCC3(C(=O)O)CCCOC3)cs2)cc1. The van der Waals surface area contributed by atoms with Gasteiger partial charge in [0.1, 0.15) is 10.4 Å². The molecule has 2 aromatic rings. The molecular formula is C18H22N2O3S. The van der Waals surface area contributed by atoms with Crippen molar-refractivity contribution in [2.45, 2.75) is 26.3 Å². The van der Waals surface area contributed by atoms with E-state index in [4.69, 9.17) is 4.74 Å². The molecule has 128 valence electrons. The minimum absolute atomic E-state index is 0.279. The molecule has 24 heavy (non-hydrogen) atoms. The van der Waals surface area contributed by atoms with Crippen molar-refractivity contribution in [1.82, 2.24) is 10.3 Å². The van der Waals surface area contributed by atoms with Crippen LogP contribution in [0.15, 0.2) is 29.6 Å². The average molecular weight is 346 g/mol. The summed E-state index contributed by atoms with van der Waals surface area (Å²) in [6, 6.07) is 8.30. The first-order valence-corrected chi connectivity index (χ1v) is 9.00. The van der Waals surface area contributed by atoms with Crippen molar-refractivity contribution in [3.05, 3.63) is 40.9 Å². The molecule has 3 rings (SSSR count). The minimum Gasteiger partial charge on any atom is -0.481 e. The predicted octanol–water partition coefficient (Wildman–Crippen LogP) is 3.09. The second-order valence-corrected chi connectivity index (χ2v) is 7.21. The van der Waals surface area contributed by atoms with Crippen LogP contribution in [-0.2, 0) is 16.1 Å². The van der Waals surface area contributed by atoms with Crippen LogP contribution < -0.4 is 5.32 Å². The molecule has 1 aromatic carbocycles. The summed E-state index contributed by atoms with van der Waals surface area (Å²) in [6.45, 7) is 3.97. The van der Waals surface area contributed by atoms with Crippen LogP contribution in [0.4, 0.5) is 0 Å². The number of hydrogen-bond donors (Lipinski definition) is 2. The summed E-state index contributed by atoms with van der Waals surface area (Å²) in [7, 11) is 0. The van der Waals surface area contributed by atoms with Crippen LogP contribution in [0.5, 0.6) is 0 Å². The third-order valence-corrected chi connectivity index (χ3v) is 5.34. The number of aryl methyl sites for hydroxylation is 1. The van der Waals surface area contributed by atoms with Crippen molar-refractivity contribution in [1.29, 1.82) is 0 Å². The molecule has 0 bridgehead atoms. The lowest BCUT2D eigenvalue weighted by atomic mass is 9.82. The van der Waals surface area contributed by atoms with Crippen molar-refractivity contribution < 1.29 is 14.6 Å². The van der Waals surface area contributed by atoms with Crippen LogP contribution in [0.1, 0.15) is 24.1 Å². The summed E-state index contributed by atoms with van der Waals surface area (Å²) >= 11 is 1.61. The summed E-state index contributed by atoms with van der Waals surface area (Å²) in [5.41, 5.74) is 2.46. The van der Waals surface area contributed by atoms with Gasteiger partial charge in [-0.15, -0.1) is 11.3 Å². The highest BCUT2D eigenvalue weighted by atomic mass is 32.1. The van der Waals surface area contributed by atoms with E-state index in [1.807, 2.05) is 5.38 Å². The Kier molecular flexibility index (Phi) is 5.28. The fourth-order valence-corrected chi connectivity index (χ4v) is 3.71. The highest BCUT2D eigenvalue weighted by Gasteiger charge is 2.40. The molecule has 1 aliphatic heterocycles. The number of nitrogens with zero attached hydrogens (tertiary/aromatic N) is 1. The van der Waals surface area contributed by atoms with E-state index in [1.54, 1.807) is 11.3 Å². The fraction of sp³-hybridized carbons (Fsp3) is 0.444. The van der Waals surface area contributed by atoms with Gasteiger partial charge in [0.15, 0.2) is 0 Å². The standard InChI is InChI=1S/C18H22N2O3S/c1-13-3-5-14(6-4-13)16-20-15(10-24-16)9-19-11-18(17(21)22)7-2-8-23-12-18/h3-6,10,19H,2,7-9,11-12H2,1H3,(H,21,22). The Bertz CT molecular complexity index is 691. The summed E-state index contributed by atoms with van der Waals surface area (Å²) in [5, 5.41) is 15.8. The van der Waals surface area contributed by atoms with Gasteiger partial charge in [0.25, 0.3) is 0 Å². The predicted molar refractivity (Wildman–Crippen MR) is 94.1 cm³/mol. The van der Waals surface area contributed by atoms with Gasteiger partial charge >= 0.3 is 5.97 Å². The summed E-state index contributed by atoms with van der Waals surface area (Å²) < 4.78 is 5.39. The molecule has 6 heteroatoms. The van der Waals surface area contributed by atoms with Gasteiger partial charge in [-0.05, 0) is 19.8 Å². The summed E-state index contributed by atoms with van der Waals surface area (Å²) in [5.74, 6) is -0.784. The van der Waals surface area contributed by atoms with Gasteiger partial charge in [-0.1, -0.05) is 29.8 Å². The van der Waals surface area contributed by atoms with E-state index in [9.17, 15) is 9.90 Å². The average Bonchev–Trinajstić information content (AvgIpc) is 3.05. The lowest BCUT2D eigenvalue weighted by Crippen LogP contribution is -2.46. The molecule has 0 saturated carbocycles. The maximum absolute atomic E-state index is 11.6. The van der Waals surface area contributed by atoms with Gasteiger partial charge in [0.05, 0.1) is 12.3 Å². The maximum Gasteiger partial charge on any atom is 0.313 e. The highest BCUT2D eigenvalue weighted by Crippen LogP contribution is 2.29. The van der Waals surface area contributed by atoms with Gasteiger partial charge in [-0.25, -0.2) is 4.98 Å². The van der Waals surface area contributed by atoms with Crippen molar-refractivity contribution in [2.24, 2.45) is 5.41 Å².